The van der Waals surface area contributed by atoms with E-state index in [1.54, 1.807) is 27.0 Å². The maximum absolute atomic E-state index is 13.2. The number of aliphatic hydroxyl groups is 1. The Morgan fingerprint density at radius 2 is 1.34 bits per heavy atom. The van der Waals surface area contributed by atoms with Gasteiger partial charge < -0.3 is 35.7 Å². The molecule has 14 nitrogen and oxygen atoms in total. The summed E-state index contributed by atoms with van der Waals surface area (Å²) in [7, 11) is -4.71. The van der Waals surface area contributed by atoms with Gasteiger partial charge in [-0.15, -0.1) is 0 Å². The normalized spacial score (nSPS) is 13.8. The van der Waals surface area contributed by atoms with E-state index in [9.17, 15) is 33.7 Å². The molecule has 0 aliphatic carbocycles. The Hall–Kier alpha value is -4.07. The van der Waals surface area contributed by atoms with Crippen LogP contribution >= 0.6 is 7.82 Å². The minimum Gasteiger partial charge on any atom is -0.489 e. The number of rotatable bonds is 39. The van der Waals surface area contributed by atoms with Crippen molar-refractivity contribution in [3.63, 3.8) is 0 Å². The van der Waals surface area contributed by atoms with Gasteiger partial charge in [-0.25, -0.2) is 4.57 Å². The fourth-order valence-electron chi connectivity index (χ4n) is 7.96. The number of aliphatic hydroxyl groups excluding tert-OH is 1. The largest absolute Gasteiger partial charge is 0.489 e. The molecule has 0 aliphatic heterocycles. The van der Waals surface area contributed by atoms with Gasteiger partial charge in [-0.1, -0.05) is 154 Å². The van der Waals surface area contributed by atoms with Gasteiger partial charge in [0.1, 0.15) is 24.4 Å². The van der Waals surface area contributed by atoms with Gasteiger partial charge in [0.2, 0.25) is 17.7 Å². The number of aromatic amines is 1. The third-order valence-corrected chi connectivity index (χ3v) is 12.9. The number of Topliss-reactive ketones (excluding diaryl/α,β-unsaturated/α-hetero) is 1. The zero-order valence-electron chi connectivity index (χ0n) is 41.0. The molecule has 0 aliphatic rings. The molecule has 0 spiro atoms. The standard InChI is InChI=1S/C52H83N4O10P/c1-5-6-7-8-9-10-11-12-13-14-15-16-17-18-19-20-24-30-49(59)55-47(48(58)29-25-26-41(4)57)39-66-67(62,63)65-34-33-53-52(61)51(40(2)3)56-50(60)35-43-37-54-46-32-31-44(36-45(43)46)64-38-42-27-22-21-23-28-42/h21-23,27-28,31-32,36-37,40-41,47,51,54,57H,5-20,24-26,29-30,33-35,38-39H2,1-4H3,(H,53,61)(H,55,59)(H,56,60)(H,62,63)/t41?,47-,51-/m0/s1. The molecule has 0 radical (unpaired) electrons. The second kappa shape index (κ2) is 33.4. The lowest BCUT2D eigenvalue weighted by Gasteiger charge is -2.22. The third kappa shape index (κ3) is 25.2. The lowest BCUT2D eigenvalue weighted by atomic mass is 10.0. The van der Waals surface area contributed by atoms with Crippen LogP contribution in [0.15, 0.2) is 54.7 Å². The molecule has 0 bridgehead atoms. The Morgan fingerprint density at radius 3 is 1.94 bits per heavy atom. The second-order valence-corrected chi connectivity index (χ2v) is 19.8. The van der Waals surface area contributed by atoms with Crippen LogP contribution in [0.25, 0.3) is 10.9 Å². The fraction of sp³-hybridized carbons (Fsp3) is 0.654. The van der Waals surface area contributed by atoms with E-state index in [0.717, 1.165) is 41.3 Å². The van der Waals surface area contributed by atoms with Crippen LogP contribution in [0.1, 0.15) is 174 Å². The highest BCUT2D eigenvalue weighted by Gasteiger charge is 2.29. The Labute approximate surface area is 400 Å². The van der Waals surface area contributed by atoms with E-state index in [4.69, 9.17) is 13.8 Å². The molecule has 3 aromatic rings. The minimum atomic E-state index is -4.71. The lowest BCUT2D eigenvalue weighted by Crippen LogP contribution is -2.50. The number of hydrogen-bond donors (Lipinski definition) is 6. The number of unbranched alkanes of at least 4 members (excludes halogenated alkanes) is 16. The van der Waals surface area contributed by atoms with Gasteiger partial charge in [-0.3, -0.25) is 28.2 Å². The summed E-state index contributed by atoms with van der Waals surface area (Å²) in [5.74, 6) is -1.21. The molecule has 0 saturated carbocycles. The van der Waals surface area contributed by atoms with Gasteiger partial charge in [0, 0.05) is 36.5 Å². The van der Waals surface area contributed by atoms with E-state index in [1.807, 2.05) is 48.5 Å². The third-order valence-electron chi connectivity index (χ3n) is 11.9. The number of ether oxygens (including phenoxy) is 1. The summed E-state index contributed by atoms with van der Waals surface area (Å²) in [4.78, 5) is 66.0. The first kappa shape index (κ1) is 57.2. The summed E-state index contributed by atoms with van der Waals surface area (Å²) < 4.78 is 29.1. The van der Waals surface area contributed by atoms with Crippen LogP contribution in [-0.4, -0.2) is 76.4 Å². The summed E-state index contributed by atoms with van der Waals surface area (Å²) in [6.45, 7) is 6.71. The molecular weight excluding hydrogens is 872 g/mol. The molecule has 2 unspecified atom stereocenters. The van der Waals surface area contributed by atoms with Crippen LogP contribution < -0.4 is 20.7 Å². The Bertz CT molecular complexity index is 1910. The fourth-order valence-corrected chi connectivity index (χ4v) is 8.69. The van der Waals surface area contributed by atoms with Crippen molar-refractivity contribution in [2.45, 2.75) is 194 Å². The first-order valence-corrected chi connectivity index (χ1v) is 26.7. The van der Waals surface area contributed by atoms with Gasteiger partial charge >= 0.3 is 7.82 Å². The van der Waals surface area contributed by atoms with Gasteiger partial charge in [0.25, 0.3) is 0 Å². The van der Waals surface area contributed by atoms with E-state index in [2.05, 4.69) is 27.9 Å². The highest BCUT2D eigenvalue weighted by Crippen LogP contribution is 2.43. The van der Waals surface area contributed by atoms with Gasteiger partial charge in [0.15, 0.2) is 5.78 Å². The molecule has 6 N–H and O–H groups in total. The van der Waals surface area contributed by atoms with Crippen molar-refractivity contribution >= 4 is 42.2 Å². The number of H-pyrrole nitrogens is 1. The van der Waals surface area contributed by atoms with Gasteiger partial charge in [-0.2, -0.15) is 0 Å². The zero-order chi connectivity index (χ0) is 48.7. The van der Waals surface area contributed by atoms with E-state index in [1.165, 1.54) is 83.5 Å². The van der Waals surface area contributed by atoms with Gasteiger partial charge in [-0.05, 0) is 61.4 Å². The smallest absolute Gasteiger partial charge is 0.472 e. The van der Waals surface area contributed by atoms with Crippen LogP contribution in [0.4, 0.5) is 0 Å². The zero-order valence-corrected chi connectivity index (χ0v) is 41.9. The Balaban J connectivity index is 1.36. The number of hydrogen-bond acceptors (Lipinski definition) is 9. The molecule has 1 heterocycles. The summed E-state index contributed by atoms with van der Waals surface area (Å²) in [5, 5.41) is 18.6. The lowest BCUT2D eigenvalue weighted by molar-refractivity contribution is -0.129. The number of carbonyl (C=O) groups excluding carboxylic acids is 4. The van der Waals surface area contributed by atoms with Crippen LogP contribution in [0.2, 0.25) is 0 Å². The SMILES string of the molecule is CCCCCCCCCCCCCCCCCCCC(=O)N[C@@H](COP(=O)(O)OCCNC(=O)[C@@H](NC(=O)Cc1c[nH]c2ccc(OCc3ccccc3)cc12)C(C)C)C(=O)CCCC(C)O. The Kier molecular flexibility index (Phi) is 28.6. The summed E-state index contributed by atoms with van der Waals surface area (Å²) in [6, 6.07) is 13.4. The molecule has 67 heavy (non-hydrogen) atoms. The monoisotopic (exact) mass is 955 g/mol. The number of phosphoric acid groups is 1. The second-order valence-electron chi connectivity index (χ2n) is 18.4. The predicted octanol–water partition coefficient (Wildman–Crippen LogP) is 10.3. The number of fused-ring (bicyclic) bond motifs is 1. The number of carbonyl (C=O) groups is 4. The molecular formula is C52H83N4O10P. The molecule has 0 saturated heterocycles. The topological polar surface area (TPSA) is 205 Å². The quantitative estimate of drug-likeness (QED) is 0.0236. The van der Waals surface area contributed by atoms with Crippen molar-refractivity contribution in [1.29, 1.82) is 0 Å². The molecule has 1 aromatic heterocycles. The molecule has 4 atom stereocenters. The number of phosphoric ester groups is 1. The summed E-state index contributed by atoms with van der Waals surface area (Å²) in [5.41, 5.74) is 2.61. The van der Waals surface area contributed by atoms with Crippen molar-refractivity contribution in [3.05, 3.63) is 65.9 Å². The van der Waals surface area contributed by atoms with E-state index < -0.39 is 45.1 Å². The number of amides is 3. The Morgan fingerprint density at radius 1 is 0.731 bits per heavy atom. The van der Waals surface area contributed by atoms with E-state index in [0.29, 0.717) is 31.6 Å². The average Bonchev–Trinajstić information content (AvgIpc) is 3.69. The maximum Gasteiger partial charge on any atom is 0.472 e. The highest BCUT2D eigenvalue weighted by molar-refractivity contribution is 7.47. The van der Waals surface area contributed by atoms with Crippen molar-refractivity contribution in [3.8, 4) is 5.75 Å². The van der Waals surface area contributed by atoms with Crippen LogP contribution in [-0.2, 0) is 45.8 Å². The van der Waals surface area contributed by atoms with Crippen molar-refractivity contribution in [2.24, 2.45) is 5.92 Å². The molecule has 0 fully saturated rings. The van der Waals surface area contributed by atoms with Crippen molar-refractivity contribution in [2.75, 3.05) is 19.8 Å². The van der Waals surface area contributed by atoms with Crippen LogP contribution in [0.3, 0.4) is 0 Å². The summed E-state index contributed by atoms with van der Waals surface area (Å²) >= 11 is 0. The maximum atomic E-state index is 13.2. The predicted molar refractivity (Wildman–Crippen MR) is 266 cm³/mol. The van der Waals surface area contributed by atoms with E-state index in [-0.39, 0.29) is 49.3 Å². The summed E-state index contributed by atoms with van der Waals surface area (Å²) in [6.07, 6.45) is 23.1. The van der Waals surface area contributed by atoms with Crippen LogP contribution in [0.5, 0.6) is 5.75 Å². The van der Waals surface area contributed by atoms with Crippen LogP contribution in [0, 0.1) is 5.92 Å². The molecule has 3 rings (SSSR count). The average molecular weight is 955 g/mol. The highest BCUT2D eigenvalue weighted by atomic mass is 31.2. The minimum absolute atomic E-state index is 0.0108. The number of ketones is 1. The first-order chi connectivity index (χ1) is 32.3. The number of benzene rings is 2. The van der Waals surface area contributed by atoms with Crippen molar-refractivity contribution in [1.82, 2.24) is 20.9 Å². The molecule has 3 amide bonds. The number of nitrogens with one attached hydrogen (secondary N) is 4. The first-order valence-electron chi connectivity index (χ1n) is 25.2. The molecule has 15 heteroatoms. The van der Waals surface area contributed by atoms with E-state index >= 15 is 0 Å². The molecule has 376 valence electrons. The molecule has 2 aromatic carbocycles. The van der Waals surface area contributed by atoms with Crippen molar-refractivity contribution < 1.29 is 47.5 Å². The van der Waals surface area contributed by atoms with Gasteiger partial charge in [0.05, 0.1) is 25.7 Å². The number of aromatic nitrogens is 1.